The summed E-state index contributed by atoms with van der Waals surface area (Å²) in [6.07, 6.45) is 2.63. The number of ether oxygens (including phenoxy) is 2. The number of hydrogen-bond donors (Lipinski definition) is 0. The maximum Gasteiger partial charge on any atom is 0.173 e. The second kappa shape index (κ2) is 13.0. The lowest BCUT2D eigenvalue weighted by Crippen LogP contribution is -2.15. The molecule has 0 saturated carbocycles. The first-order valence-corrected chi connectivity index (χ1v) is 15.7. The van der Waals surface area contributed by atoms with Crippen LogP contribution in [0.5, 0.6) is 11.5 Å². The van der Waals surface area contributed by atoms with Crippen molar-refractivity contribution in [3.63, 3.8) is 0 Å². The topological polar surface area (TPSA) is 36.3 Å². The van der Waals surface area contributed by atoms with Crippen molar-refractivity contribution in [2.75, 3.05) is 7.11 Å². The maximum absolute atomic E-state index is 15.6. The molecule has 4 nitrogen and oxygen atoms in total. The molecule has 226 valence electrons. The molecule has 1 unspecified atom stereocenters. The van der Waals surface area contributed by atoms with Gasteiger partial charge in [0.2, 0.25) is 0 Å². The van der Waals surface area contributed by atoms with Crippen LogP contribution in [0.15, 0.2) is 84.0 Å². The van der Waals surface area contributed by atoms with Gasteiger partial charge in [0.1, 0.15) is 24.0 Å². The van der Waals surface area contributed by atoms with E-state index in [1.165, 1.54) is 36.0 Å². The Bertz CT molecular complexity index is 1790. The highest BCUT2D eigenvalue weighted by Crippen LogP contribution is 2.42. The molecule has 1 aliphatic carbocycles. The summed E-state index contributed by atoms with van der Waals surface area (Å²) in [5.41, 5.74) is 5.49. The van der Waals surface area contributed by atoms with E-state index in [0.29, 0.717) is 15.9 Å². The Hall–Kier alpha value is -3.88. The van der Waals surface area contributed by atoms with Crippen LogP contribution >= 0.6 is 23.4 Å². The summed E-state index contributed by atoms with van der Waals surface area (Å²) in [6, 6.07) is 22.0. The number of thioether (sulfide) groups is 1. The first-order valence-electron chi connectivity index (χ1n) is 14.3. The summed E-state index contributed by atoms with van der Waals surface area (Å²) in [4.78, 5) is 4.97. The molecule has 0 saturated heterocycles. The second-order valence-electron chi connectivity index (χ2n) is 10.8. The summed E-state index contributed by atoms with van der Waals surface area (Å²) >= 11 is 7.57. The number of aromatic nitrogens is 2. The number of imidazole rings is 1. The number of fused-ring (bicyclic) bond motifs is 1. The average molecular weight is 635 g/mol. The van der Waals surface area contributed by atoms with E-state index in [2.05, 4.69) is 6.07 Å². The highest BCUT2D eigenvalue weighted by molar-refractivity contribution is 7.98. The van der Waals surface area contributed by atoms with Crippen LogP contribution in [0.2, 0.25) is 5.02 Å². The third-order valence-corrected chi connectivity index (χ3v) is 9.30. The van der Waals surface area contributed by atoms with Crippen LogP contribution in [-0.4, -0.2) is 16.7 Å². The van der Waals surface area contributed by atoms with E-state index in [9.17, 15) is 4.39 Å². The zero-order valence-corrected chi connectivity index (χ0v) is 25.8. The number of halogens is 4. The van der Waals surface area contributed by atoms with E-state index in [1.54, 1.807) is 31.4 Å². The van der Waals surface area contributed by atoms with Gasteiger partial charge in [-0.25, -0.2) is 18.2 Å². The van der Waals surface area contributed by atoms with Gasteiger partial charge in [0, 0.05) is 27.9 Å². The van der Waals surface area contributed by atoms with Crippen molar-refractivity contribution in [1.29, 1.82) is 0 Å². The van der Waals surface area contributed by atoms with Gasteiger partial charge in [0.05, 0.1) is 18.5 Å². The number of benzene rings is 4. The first kappa shape index (κ1) is 30.2. The molecule has 4 aromatic carbocycles. The van der Waals surface area contributed by atoms with Crippen LogP contribution in [0.1, 0.15) is 52.4 Å². The summed E-state index contributed by atoms with van der Waals surface area (Å²) in [7, 11) is 1.58. The molecule has 0 spiro atoms. The first-order chi connectivity index (χ1) is 21.3. The Labute approximate surface area is 263 Å². The summed E-state index contributed by atoms with van der Waals surface area (Å²) in [6.45, 7) is 2.10. The summed E-state index contributed by atoms with van der Waals surface area (Å²) < 4.78 is 57.5. The normalized spacial score (nSPS) is 14.4. The van der Waals surface area contributed by atoms with Crippen LogP contribution in [0.4, 0.5) is 13.2 Å². The van der Waals surface area contributed by atoms with Gasteiger partial charge in [-0.1, -0.05) is 47.6 Å². The minimum atomic E-state index is -0.745. The lowest BCUT2D eigenvalue weighted by Gasteiger charge is -2.25. The Balaban J connectivity index is 1.32. The van der Waals surface area contributed by atoms with E-state index >= 15 is 8.78 Å². The lowest BCUT2D eigenvalue weighted by atomic mass is 9.83. The molecule has 0 radical (unpaired) electrons. The van der Waals surface area contributed by atoms with Gasteiger partial charge in [-0.15, -0.1) is 0 Å². The number of nitrogens with zero attached hydrogens (tertiary/aromatic N) is 2. The average Bonchev–Trinajstić information content (AvgIpc) is 3.41. The molecule has 0 aliphatic heterocycles. The largest absolute Gasteiger partial charge is 0.497 e. The van der Waals surface area contributed by atoms with Crippen molar-refractivity contribution < 1.29 is 22.6 Å². The molecule has 1 atom stereocenters. The van der Waals surface area contributed by atoms with Gasteiger partial charge < -0.3 is 9.47 Å². The minimum Gasteiger partial charge on any atom is -0.497 e. The molecule has 1 heterocycles. The Morgan fingerprint density at radius 3 is 2.48 bits per heavy atom. The molecular weight excluding hydrogens is 605 g/mol. The smallest absolute Gasteiger partial charge is 0.173 e. The van der Waals surface area contributed by atoms with Gasteiger partial charge in [0.15, 0.2) is 16.7 Å². The Morgan fingerprint density at radius 1 is 0.977 bits per heavy atom. The van der Waals surface area contributed by atoms with E-state index in [4.69, 9.17) is 26.1 Å². The van der Waals surface area contributed by atoms with Crippen molar-refractivity contribution in [2.45, 2.75) is 49.6 Å². The Morgan fingerprint density at radius 2 is 1.75 bits per heavy atom. The third kappa shape index (κ3) is 6.19. The fraction of sp³-hybridized carbons (Fsp3) is 0.229. The second-order valence-corrected chi connectivity index (χ2v) is 12.1. The summed E-state index contributed by atoms with van der Waals surface area (Å²) in [5.74, 6) is -1.06. The van der Waals surface area contributed by atoms with Crippen LogP contribution < -0.4 is 9.47 Å². The molecule has 0 fully saturated rings. The van der Waals surface area contributed by atoms with Crippen molar-refractivity contribution in [3.8, 4) is 17.2 Å². The van der Waals surface area contributed by atoms with E-state index in [1.807, 2.05) is 35.8 Å². The predicted octanol–water partition coefficient (Wildman–Crippen LogP) is 9.60. The van der Waals surface area contributed by atoms with Gasteiger partial charge >= 0.3 is 0 Å². The highest BCUT2D eigenvalue weighted by atomic mass is 35.5. The zero-order chi connectivity index (χ0) is 30.8. The Kier molecular flexibility index (Phi) is 8.91. The number of hydrogen-bond acceptors (Lipinski definition) is 4. The number of rotatable bonds is 9. The molecule has 1 aliphatic rings. The molecule has 44 heavy (non-hydrogen) atoms. The van der Waals surface area contributed by atoms with Crippen molar-refractivity contribution in [3.05, 3.63) is 135 Å². The molecular formula is C35H30ClF3N2O2S. The molecule has 0 bridgehead atoms. The molecule has 5 aromatic rings. The molecule has 0 amide bonds. The summed E-state index contributed by atoms with van der Waals surface area (Å²) in [5, 5.41) is 1.29. The van der Waals surface area contributed by atoms with Crippen molar-refractivity contribution >= 4 is 23.4 Å². The van der Waals surface area contributed by atoms with E-state index in [-0.39, 0.29) is 35.4 Å². The third-order valence-electron chi connectivity index (χ3n) is 7.91. The lowest BCUT2D eigenvalue weighted by molar-refractivity contribution is 0.288. The van der Waals surface area contributed by atoms with E-state index < -0.39 is 11.6 Å². The minimum absolute atomic E-state index is 0.0147. The van der Waals surface area contributed by atoms with Crippen LogP contribution in [0.3, 0.4) is 0 Å². The standard InChI is InChI=1S/C35H30ClF3N2O2S/c1-21-18-23(8-15-29(21)36)27-4-3-5-31-34(27)41(25-11-9-24(37)10-12-25)35(40-31)44-20-28-30(38)16-17-32(33(28)39)43-19-22-6-13-26(42-2)14-7-22/h6-18,27H,3-5,19-20H2,1-2H3. The molecule has 0 N–H and O–H groups in total. The van der Waals surface area contributed by atoms with Crippen molar-refractivity contribution in [2.24, 2.45) is 0 Å². The van der Waals surface area contributed by atoms with Gasteiger partial charge in [0.25, 0.3) is 0 Å². The number of aryl methyl sites for hydroxylation is 2. The maximum atomic E-state index is 15.6. The van der Waals surface area contributed by atoms with Crippen LogP contribution in [-0.2, 0) is 18.8 Å². The SMILES string of the molecule is COc1ccc(COc2ccc(F)c(CSc3nc4c(n3-c3ccc(F)cc3)C(c3ccc(Cl)c(C)c3)CCC4)c2F)cc1. The van der Waals surface area contributed by atoms with E-state index in [0.717, 1.165) is 53.0 Å². The predicted molar refractivity (Wildman–Crippen MR) is 168 cm³/mol. The number of methoxy groups -OCH3 is 1. The fourth-order valence-corrected chi connectivity index (χ4v) is 6.75. The van der Waals surface area contributed by atoms with Gasteiger partial charge in [-0.3, -0.25) is 4.57 Å². The molecule has 9 heteroatoms. The van der Waals surface area contributed by atoms with Crippen LogP contribution in [0.25, 0.3) is 5.69 Å². The van der Waals surface area contributed by atoms with Crippen molar-refractivity contribution in [1.82, 2.24) is 9.55 Å². The highest BCUT2D eigenvalue weighted by Gasteiger charge is 2.30. The molecule has 1 aromatic heterocycles. The zero-order valence-electron chi connectivity index (χ0n) is 24.2. The van der Waals surface area contributed by atoms with Crippen LogP contribution in [0, 0.1) is 24.4 Å². The quantitative estimate of drug-likeness (QED) is 0.151. The molecule has 6 rings (SSSR count). The van der Waals surface area contributed by atoms with Gasteiger partial charge in [-0.05, 0) is 97.5 Å². The van der Waals surface area contributed by atoms with Gasteiger partial charge in [-0.2, -0.15) is 0 Å². The monoisotopic (exact) mass is 634 g/mol. The fourth-order valence-electron chi connectivity index (χ4n) is 5.59.